The smallest absolute Gasteiger partial charge is 0.341 e. The fraction of sp³-hybridized carbons (Fsp3) is 0.391. The van der Waals surface area contributed by atoms with Crippen molar-refractivity contribution in [2.75, 3.05) is 18.5 Å². The molecule has 32 heavy (non-hydrogen) atoms. The second-order valence-corrected chi connectivity index (χ2v) is 8.22. The zero-order valence-electron chi connectivity index (χ0n) is 18.2. The largest absolute Gasteiger partial charge is 0.493 e. The summed E-state index contributed by atoms with van der Waals surface area (Å²) >= 11 is 1.34. The van der Waals surface area contributed by atoms with Crippen molar-refractivity contribution in [1.29, 1.82) is 0 Å². The monoisotopic (exact) mass is 457 g/mol. The molecule has 1 heterocycles. The Hall–Kier alpha value is -3.20. The number of rotatable bonds is 7. The van der Waals surface area contributed by atoms with Crippen LogP contribution in [-0.4, -0.2) is 37.2 Å². The van der Waals surface area contributed by atoms with Crippen LogP contribution in [0.15, 0.2) is 29.4 Å². The van der Waals surface area contributed by atoms with Crippen LogP contribution in [-0.2, 0) is 27.2 Å². The van der Waals surface area contributed by atoms with Gasteiger partial charge in [0.15, 0.2) is 0 Å². The molecule has 9 heteroatoms. The zero-order valence-corrected chi connectivity index (χ0v) is 19.0. The third-order valence-corrected chi connectivity index (χ3v) is 6.13. The van der Waals surface area contributed by atoms with Gasteiger partial charge in [-0.2, -0.15) is 5.10 Å². The van der Waals surface area contributed by atoms with E-state index in [0.29, 0.717) is 28.5 Å². The van der Waals surface area contributed by atoms with Crippen LogP contribution >= 0.6 is 11.3 Å². The van der Waals surface area contributed by atoms with Gasteiger partial charge < -0.3 is 14.8 Å². The third-order valence-electron chi connectivity index (χ3n) is 4.92. The van der Waals surface area contributed by atoms with E-state index in [1.54, 1.807) is 19.1 Å². The van der Waals surface area contributed by atoms with Crippen molar-refractivity contribution in [1.82, 2.24) is 5.43 Å². The van der Waals surface area contributed by atoms with Gasteiger partial charge in [0, 0.05) is 10.4 Å². The van der Waals surface area contributed by atoms with Gasteiger partial charge in [-0.25, -0.2) is 10.2 Å². The van der Waals surface area contributed by atoms with Gasteiger partial charge in [0.25, 0.3) is 0 Å². The lowest BCUT2D eigenvalue weighted by Gasteiger charge is -2.08. The molecule has 0 radical (unpaired) electrons. The number of esters is 1. The molecule has 2 aromatic rings. The summed E-state index contributed by atoms with van der Waals surface area (Å²) in [7, 11) is 0. The number of nitrogens with one attached hydrogen (secondary N) is 2. The Bertz CT molecular complexity index is 1020. The highest BCUT2D eigenvalue weighted by Gasteiger charge is 2.27. The van der Waals surface area contributed by atoms with Crippen molar-refractivity contribution in [3.8, 4) is 5.75 Å². The molecule has 1 aromatic heterocycles. The molecule has 8 nitrogen and oxygen atoms in total. The number of anilines is 1. The maximum absolute atomic E-state index is 12.6. The molecule has 1 aliphatic carbocycles. The summed E-state index contributed by atoms with van der Waals surface area (Å²) in [5, 5.41) is 6.78. The minimum Gasteiger partial charge on any atom is -0.493 e. The van der Waals surface area contributed by atoms with E-state index < -0.39 is 17.8 Å². The van der Waals surface area contributed by atoms with Crippen LogP contribution in [0.25, 0.3) is 0 Å². The predicted molar refractivity (Wildman–Crippen MR) is 124 cm³/mol. The van der Waals surface area contributed by atoms with Crippen LogP contribution in [0.4, 0.5) is 5.00 Å². The summed E-state index contributed by atoms with van der Waals surface area (Å²) in [6.07, 6.45) is 6.11. The second kappa shape index (κ2) is 11.4. The summed E-state index contributed by atoms with van der Waals surface area (Å²) in [5.74, 6) is -1.69. The molecule has 3 rings (SSSR count). The Balaban J connectivity index is 1.71. The maximum atomic E-state index is 12.6. The minimum atomic E-state index is -0.937. The lowest BCUT2D eigenvalue weighted by atomic mass is 10.1. The van der Waals surface area contributed by atoms with Gasteiger partial charge in [-0.3, -0.25) is 9.59 Å². The van der Waals surface area contributed by atoms with Crippen molar-refractivity contribution in [3.05, 3.63) is 45.8 Å². The molecule has 0 fully saturated rings. The summed E-state index contributed by atoms with van der Waals surface area (Å²) in [5.41, 5.74) is 4.17. The van der Waals surface area contributed by atoms with Crippen molar-refractivity contribution in [3.63, 3.8) is 0 Å². The molecule has 0 spiro atoms. The van der Waals surface area contributed by atoms with Crippen LogP contribution in [0.1, 0.15) is 59.5 Å². The number of nitrogens with zero attached hydrogens (tertiary/aromatic N) is 1. The first-order valence-corrected chi connectivity index (χ1v) is 11.5. The van der Waals surface area contributed by atoms with E-state index >= 15 is 0 Å². The number of hydrazone groups is 1. The number of amides is 2. The maximum Gasteiger partial charge on any atom is 0.341 e. The van der Waals surface area contributed by atoms with E-state index in [-0.39, 0.29) is 6.61 Å². The predicted octanol–water partition coefficient (Wildman–Crippen LogP) is 3.68. The molecule has 0 bridgehead atoms. The van der Waals surface area contributed by atoms with Gasteiger partial charge in [-0.05, 0) is 57.2 Å². The standard InChI is InChI=1S/C23H27N3O5S/c1-3-30-17-12-9-8-10-15(17)14-24-26-21(28)20(27)25-22-19(23(29)31-4-2)16-11-6-5-7-13-18(16)32-22/h8-10,12,14H,3-7,11,13H2,1-2H3,(H,25,27)(H,26,28)/b24-14+. The Morgan fingerprint density at radius 2 is 1.84 bits per heavy atom. The highest BCUT2D eigenvalue weighted by Crippen LogP contribution is 2.38. The quantitative estimate of drug-likeness (QED) is 0.217. The van der Waals surface area contributed by atoms with Crippen molar-refractivity contribution in [2.45, 2.75) is 46.0 Å². The van der Waals surface area contributed by atoms with E-state index in [1.165, 1.54) is 17.6 Å². The molecule has 1 aliphatic rings. The molecule has 0 unspecified atom stereocenters. The molecule has 0 atom stereocenters. The van der Waals surface area contributed by atoms with E-state index in [1.807, 2.05) is 19.1 Å². The number of benzene rings is 1. The average molecular weight is 458 g/mol. The van der Waals surface area contributed by atoms with Crippen LogP contribution in [0.3, 0.4) is 0 Å². The van der Waals surface area contributed by atoms with Crippen molar-refractivity contribution in [2.24, 2.45) is 5.10 Å². The number of carbonyl (C=O) groups is 3. The first-order chi connectivity index (χ1) is 15.5. The van der Waals surface area contributed by atoms with Crippen LogP contribution in [0, 0.1) is 0 Å². The number of hydrogen-bond donors (Lipinski definition) is 2. The van der Waals surface area contributed by atoms with Gasteiger partial charge in [-0.15, -0.1) is 11.3 Å². The Labute approximate surface area is 191 Å². The minimum absolute atomic E-state index is 0.231. The highest BCUT2D eigenvalue weighted by molar-refractivity contribution is 7.17. The summed E-state index contributed by atoms with van der Waals surface area (Å²) in [4.78, 5) is 38.4. The van der Waals surface area contributed by atoms with Crippen LogP contribution in [0.2, 0.25) is 0 Å². The van der Waals surface area contributed by atoms with Crippen molar-refractivity contribution >= 4 is 40.3 Å². The molecule has 2 N–H and O–H groups in total. The Morgan fingerprint density at radius 3 is 2.62 bits per heavy atom. The van der Waals surface area contributed by atoms with Gasteiger partial charge in [-0.1, -0.05) is 18.6 Å². The lowest BCUT2D eigenvalue weighted by Crippen LogP contribution is -2.32. The fourth-order valence-corrected chi connectivity index (χ4v) is 4.77. The van der Waals surface area contributed by atoms with E-state index in [4.69, 9.17) is 9.47 Å². The molecule has 170 valence electrons. The summed E-state index contributed by atoms with van der Waals surface area (Å²) in [6, 6.07) is 7.22. The number of carbonyl (C=O) groups excluding carboxylic acids is 3. The van der Waals surface area contributed by atoms with Crippen molar-refractivity contribution < 1.29 is 23.9 Å². The normalized spacial score (nSPS) is 13.2. The Morgan fingerprint density at radius 1 is 1.06 bits per heavy atom. The molecular formula is C23H27N3O5S. The highest BCUT2D eigenvalue weighted by atomic mass is 32.1. The van der Waals surface area contributed by atoms with Crippen LogP contribution in [0.5, 0.6) is 5.75 Å². The summed E-state index contributed by atoms with van der Waals surface area (Å²) < 4.78 is 10.7. The van der Waals surface area contributed by atoms with Gasteiger partial charge >= 0.3 is 17.8 Å². The number of ether oxygens (including phenoxy) is 2. The number of para-hydroxylation sites is 1. The average Bonchev–Trinajstić information content (AvgIpc) is 2.95. The van der Waals surface area contributed by atoms with Gasteiger partial charge in [0.2, 0.25) is 0 Å². The number of fused-ring (bicyclic) bond motifs is 1. The van der Waals surface area contributed by atoms with Gasteiger partial charge in [0.1, 0.15) is 10.8 Å². The number of hydrogen-bond acceptors (Lipinski definition) is 7. The third kappa shape index (κ3) is 5.73. The van der Waals surface area contributed by atoms with E-state index in [0.717, 1.165) is 42.5 Å². The fourth-order valence-electron chi connectivity index (χ4n) is 3.50. The second-order valence-electron chi connectivity index (χ2n) is 7.11. The summed E-state index contributed by atoms with van der Waals surface area (Å²) in [6.45, 7) is 4.33. The molecule has 1 aromatic carbocycles. The first kappa shape index (κ1) is 23.5. The number of aryl methyl sites for hydroxylation is 1. The first-order valence-electron chi connectivity index (χ1n) is 10.7. The molecule has 0 saturated heterocycles. The van der Waals surface area contributed by atoms with Crippen LogP contribution < -0.4 is 15.5 Å². The Kier molecular flexibility index (Phi) is 8.38. The van der Waals surface area contributed by atoms with E-state index in [9.17, 15) is 14.4 Å². The molecule has 2 amide bonds. The van der Waals surface area contributed by atoms with E-state index in [2.05, 4.69) is 15.8 Å². The topological polar surface area (TPSA) is 106 Å². The SMILES string of the molecule is CCOC(=O)c1c(NC(=O)C(=O)N/N=C/c2ccccc2OCC)sc2c1CCCCC2. The van der Waals surface area contributed by atoms with Gasteiger partial charge in [0.05, 0.1) is 25.0 Å². The lowest BCUT2D eigenvalue weighted by molar-refractivity contribution is -0.136. The number of thiophene rings is 1. The zero-order chi connectivity index (χ0) is 22.9. The molecular weight excluding hydrogens is 430 g/mol. The molecule has 0 aliphatic heterocycles. The molecule has 0 saturated carbocycles.